The van der Waals surface area contributed by atoms with Crippen LogP contribution < -0.4 is 15.1 Å². The van der Waals surface area contributed by atoms with Gasteiger partial charge in [0.2, 0.25) is 5.91 Å². The van der Waals surface area contributed by atoms with Crippen LogP contribution in [0.25, 0.3) is 6.08 Å². The molecule has 4 rings (SSSR count). The number of rotatable bonds is 5. The number of anilines is 2. The molecule has 0 radical (unpaired) electrons. The first-order valence-electron chi connectivity index (χ1n) is 11.2. The Morgan fingerprint density at radius 1 is 1.00 bits per heavy atom. The summed E-state index contributed by atoms with van der Waals surface area (Å²) < 4.78 is 5.39. The minimum atomic E-state index is -0.333. The molecule has 0 bridgehead atoms. The fraction of sp³-hybridized carbons (Fsp3) is 0.333. The molecule has 0 saturated carbocycles. The number of ether oxygens (including phenoxy) is 1. The highest BCUT2D eigenvalue weighted by Crippen LogP contribution is 2.33. The van der Waals surface area contributed by atoms with Crippen LogP contribution in [0.5, 0.6) is 0 Å². The number of nitro groups is 1. The number of nitrogens with one attached hydrogen (secondary N) is 1. The van der Waals surface area contributed by atoms with Crippen molar-refractivity contribution in [2.24, 2.45) is 0 Å². The molecule has 178 valence electrons. The molecule has 2 aliphatic heterocycles. The Balaban J connectivity index is 1.35. The lowest BCUT2D eigenvalue weighted by molar-refractivity contribution is -0.384. The van der Waals surface area contributed by atoms with Gasteiger partial charge in [-0.25, -0.2) is 0 Å². The van der Waals surface area contributed by atoms with E-state index in [1.54, 1.807) is 18.2 Å². The Labute approximate surface area is 203 Å². The van der Waals surface area contributed by atoms with E-state index < -0.39 is 0 Å². The predicted octanol–water partition coefficient (Wildman–Crippen LogP) is 2.67. The van der Waals surface area contributed by atoms with Gasteiger partial charge in [0.25, 0.3) is 5.69 Å². The summed E-state index contributed by atoms with van der Waals surface area (Å²) in [5.41, 5.74) is 2.61. The summed E-state index contributed by atoms with van der Waals surface area (Å²) in [5.74, 6) is -0.262. The van der Waals surface area contributed by atoms with Gasteiger partial charge >= 0.3 is 0 Å². The third-order valence-corrected chi connectivity index (χ3v) is 6.26. The molecule has 1 N–H and O–H groups in total. The molecule has 10 heteroatoms. The second-order valence-corrected chi connectivity index (χ2v) is 8.43. The largest absolute Gasteiger partial charge is 0.378 e. The summed E-state index contributed by atoms with van der Waals surface area (Å²) in [4.78, 5) is 29.6. The number of carbonyl (C=O) groups is 1. The quantitative estimate of drug-likeness (QED) is 0.302. The third kappa shape index (κ3) is 5.89. The van der Waals surface area contributed by atoms with Gasteiger partial charge in [-0.05, 0) is 36.0 Å². The average Bonchev–Trinajstić information content (AvgIpc) is 2.88. The lowest BCUT2D eigenvalue weighted by atomic mass is 10.1. The van der Waals surface area contributed by atoms with Crippen molar-refractivity contribution in [3.05, 3.63) is 70.3 Å². The maximum atomic E-state index is 12.2. The van der Waals surface area contributed by atoms with Crippen LogP contribution in [0.3, 0.4) is 0 Å². The number of piperazine rings is 1. The van der Waals surface area contributed by atoms with Gasteiger partial charge in [0, 0.05) is 57.1 Å². The van der Waals surface area contributed by atoms with Crippen molar-refractivity contribution in [2.45, 2.75) is 0 Å². The SMILES string of the molecule is O=C(C=Cc1ccccc1)NC(=S)N1CCN(c2ccc([N+](=O)[O-])c(N3CCOCC3)c2)CC1. The number of amides is 1. The number of morpholine rings is 1. The monoisotopic (exact) mass is 481 g/mol. The highest BCUT2D eigenvalue weighted by atomic mass is 32.1. The molecular weight excluding hydrogens is 454 g/mol. The normalized spacial score (nSPS) is 16.5. The molecule has 2 fully saturated rings. The number of carbonyl (C=O) groups excluding carboxylic acids is 1. The highest BCUT2D eigenvalue weighted by Gasteiger charge is 2.25. The Morgan fingerprint density at radius 3 is 2.38 bits per heavy atom. The molecule has 9 nitrogen and oxygen atoms in total. The van der Waals surface area contributed by atoms with Gasteiger partial charge in [-0.3, -0.25) is 20.2 Å². The number of hydrogen-bond acceptors (Lipinski definition) is 7. The number of nitrogens with zero attached hydrogens (tertiary/aromatic N) is 4. The van der Waals surface area contributed by atoms with Gasteiger partial charge in [-0.1, -0.05) is 30.3 Å². The average molecular weight is 482 g/mol. The van der Waals surface area contributed by atoms with E-state index in [9.17, 15) is 14.9 Å². The summed E-state index contributed by atoms with van der Waals surface area (Å²) in [5, 5.41) is 14.7. The van der Waals surface area contributed by atoms with E-state index in [0.717, 1.165) is 11.3 Å². The van der Waals surface area contributed by atoms with E-state index in [1.165, 1.54) is 6.08 Å². The van der Waals surface area contributed by atoms with Gasteiger partial charge in [0.1, 0.15) is 5.69 Å². The summed E-state index contributed by atoms with van der Waals surface area (Å²) in [6.07, 6.45) is 3.22. The molecule has 2 aromatic carbocycles. The second-order valence-electron chi connectivity index (χ2n) is 8.04. The predicted molar refractivity (Wildman–Crippen MR) is 136 cm³/mol. The van der Waals surface area contributed by atoms with Crippen molar-refractivity contribution in [1.82, 2.24) is 10.2 Å². The third-order valence-electron chi connectivity index (χ3n) is 5.90. The molecule has 0 atom stereocenters. The maximum Gasteiger partial charge on any atom is 0.292 e. The molecule has 0 unspecified atom stereocenters. The number of nitro benzene ring substituents is 1. The van der Waals surface area contributed by atoms with Gasteiger partial charge in [0.05, 0.1) is 18.1 Å². The van der Waals surface area contributed by atoms with Gasteiger partial charge < -0.3 is 19.4 Å². The van der Waals surface area contributed by atoms with E-state index in [0.29, 0.717) is 63.3 Å². The van der Waals surface area contributed by atoms with Crippen molar-refractivity contribution in [3.8, 4) is 0 Å². The van der Waals surface area contributed by atoms with Gasteiger partial charge in [-0.2, -0.15) is 0 Å². The standard InChI is InChI=1S/C24H27N5O4S/c30-23(9-6-19-4-2-1-3-5-19)25-24(34)28-12-10-26(11-13-28)20-7-8-21(29(31)32)22(18-20)27-14-16-33-17-15-27/h1-9,18H,10-17H2,(H,25,30,34). The first-order chi connectivity index (χ1) is 16.5. The lowest BCUT2D eigenvalue weighted by Crippen LogP contribution is -2.52. The van der Waals surface area contributed by atoms with Crippen molar-refractivity contribution in [2.75, 3.05) is 62.3 Å². The fourth-order valence-corrected chi connectivity index (χ4v) is 4.33. The molecule has 0 spiro atoms. The first-order valence-corrected chi connectivity index (χ1v) is 11.6. The van der Waals surface area contributed by atoms with E-state index in [-0.39, 0.29) is 16.5 Å². The summed E-state index contributed by atoms with van der Waals surface area (Å²) in [6, 6.07) is 14.9. The Morgan fingerprint density at radius 2 is 1.71 bits per heavy atom. The molecule has 0 aliphatic carbocycles. The maximum absolute atomic E-state index is 12.2. The Bertz CT molecular complexity index is 1060. The van der Waals surface area contributed by atoms with E-state index in [2.05, 4.69) is 10.2 Å². The number of thiocarbonyl (C=S) groups is 1. The van der Waals surface area contributed by atoms with Gasteiger partial charge in [-0.15, -0.1) is 0 Å². The number of benzene rings is 2. The molecule has 0 aromatic heterocycles. The van der Waals surface area contributed by atoms with E-state index in [1.807, 2.05) is 46.2 Å². The molecule has 2 saturated heterocycles. The van der Waals surface area contributed by atoms with E-state index >= 15 is 0 Å². The zero-order valence-corrected chi connectivity index (χ0v) is 19.6. The Hall–Kier alpha value is -3.50. The second kappa shape index (κ2) is 11.1. The molecule has 2 aliphatic rings. The van der Waals surface area contributed by atoms with Crippen LogP contribution in [0.4, 0.5) is 17.1 Å². The molecule has 34 heavy (non-hydrogen) atoms. The summed E-state index contributed by atoms with van der Waals surface area (Å²) in [6.45, 7) is 5.05. The van der Waals surface area contributed by atoms with Crippen molar-refractivity contribution in [3.63, 3.8) is 0 Å². The van der Waals surface area contributed by atoms with Crippen LogP contribution in [0.15, 0.2) is 54.6 Å². The minimum absolute atomic E-state index is 0.108. The zero-order chi connectivity index (χ0) is 23.9. The molecule has 1 amide bonds. The van der Waals surface area contributed by atoms with Crippen LogP contribution in [0.1, 0.15) is 5.56 Å². The summed E-state index contributed by atoms with van der Waals surface area (Å²) >= 11 is 5.44. The van der Waals surface area contributed by atoms with Crippen LogP contribution in [-0.2, 0) is 9.53 Å². The molecule has 2 heterocycles. The zero-order valence-electron chi connectivity index (χ0n) is 18.8. The van der Waals surface area contributed by atoms with E-state index in [4.69, 9.17) is 17.0 Å². The smallest absolute Gasteiger partial charge is 0.292 e. The topological polar surface area (TPSA) is 91.2 Å². The van der Waals surface area contributed by atoms with Crippen LogP contribution in [0, 0.1) is 10.1 Å². The Kier molecular flexibility index (Phi) is 7.71. The van der Waals surface area contributed by atoms with Crippen molar-refractivity contribution < 1.29 is 14.5 Å². The highest BCUT2D eigenvalue weighted by molar-refractivity contribution is 7.80. The van der Waals surface area contributed by atoms with Crippen LogP contribution in [0.2, 0.25) is 0 Å². The lowest BCUT2D eigenvalue weighted by Gasteiger charge is -2.37. The first kappa shape index (κ1) is 23.7. The number of hydrogen-bond donors (Lipinski definition) is 1. The molecular formula is C24H27N5O4S. The van der Waals surface area contributed by atoms with Gasteiger partial charge in [0.15, 0.2) is 5.11 Å². The van der Waals surface area contributed by atoms with Crippen LogP contribution >= 0.6 is 12.2 Å². The molecule has 2 aromatic rings. The minimum Gasteiger partial charge on any atom is -0.378 e. The fourth-order valence-electron chi connectivity index (χ4n) is 4.05. The summed E-state index contributed by atoms with van der Waals surface area (Å²) in [7, 11) is 0. The van der Waals surface area contributed by atoms with Crippen molar-refractivity contribution >= 4 is 46.4 Å². The van der Waals surface area contributed by atoms with Crippen LogP contribution in [-0.4, -0.2) is 73.3 Å². The van der Waals surface area contributed by atoms with Crippen molar-refractivity contribution in [1.29, 1.82) is 0 Å².